The van der Waals surface area contributed by atoms with Crippen molar-refractivity contribution >= 4 is 5.91 Å². The number of methoxy groups -OCH3 is 1. The lowest BCUT2D eigenvalue weighted by Gasteiger charge is -2.33. The van der Waals surface area contributed by atoms with Gasteiger partial charge in [0.2, 0.25) is 0 Å². The molecule has 1 aromatic carbocycles. The molecule has 124 valence electrons. The molecule has 0 spiro atoms. The molecule has 0 N–H and O–H groups in total. The second-order valence-electron chi connectivity index (χ2n) is 6.20. The smallest absolute Gasteiger partial charge is 0.266 e. The van der Waals surface area contributed by atoms with Gasteiger partial charge in [-0.3, -0.25) is 4.79 Å². The molecular weight excluding hydrogens is 285 g/mol. The van der Waals surface area contributed by atoms with Crippen molar-refractivity contribution in [2.45, 2.75) is 33.3 Å². The van der Waals surface area contributed by atoms with Gasteiger partial charge >= 0.3 is 0 Å². The normalized spacial score (nSPS) is 11.6. The Balaban J connectivity index is 2.81. The van der Waals surface area contributed by atoms with Crippen LogP contribution in [0.2, 0.25) is 0 Å². The lowest BCUT2D eigenvalue weighted by molar-refractivity contribution is -0.146. The molecule has 0 aliphatic rings. The standard InChI is InChI=1S/C17H26FNO3/c1-13(2)12-19(10-11-21-5)16(20)17(3,4)22-15-8-6-14(18)7-9-15/h6-9,13H,10-12H2,1-5H3. The predicted octanol–water partition coefficient (Wildman–Crippen LogP) is 3.11. The molecule has 5 heteroatoms. The van der Waals surface area contributed by atoms with Gasteiger partial charge in [0.25, 0.3) is 5.91 Å². The number of hydrogen-bond donors (Lipinski definition) is 0. The van der Waals surface area contributed by atoms with Crippen LogP contribution in [-0.4, -0.2) is 43.2 Å². The van der Waals surface area contributed by atoms with Gasteiger partial charge in [0, 0.05) is 20.2 Å². The minimum atomic E-state index is -1.03. The molecule has 0 bridgehead atoms. The fourth-order valence-electron chi connectivity index (χ4n) is 2.14. The molecule has 0 heterocycles. The number of carbonyl (C=O) groups excluding carboxylic acids is 1. The third-order valence-electron chi connectivity index (χ3n) is 3.14. The van der Waals surface area contributed by atoms with Gasteiger partial charge in [0.05, 0.1) is 6.61 Å². The number of benzene rings is 1. The molecule has 1 aromatic rings. The molecule has 0 fully saturated rings. The molecule has 0 aromatic heterocycles. The Morgan fingerprint density at radius 3 is 2.36 bits per heavy atom. The first-order valence-corrected chi connectivity index (χ1v) is 7.49. The average Bonchev–Trinajstić information content (AvgIpc) is 2.44. The number of ether oxygens (including phenoxy) is 2. The van der Waals surface area contributed by atoms with Crippen molar-refractivity contribution in [3.05, 3.63) is 30.1 Å². The first kappa shape index (κ1) is 18.4. The number of amides is 1. The largest absolute Gasteiger partial charge is 0.478 e. The van der Waals surface area contributed by atoms with Crippen molar-refractivity contribution in [1.29, 1.82) is 0 Å². The summed E-state index contributed by atoms with van der Waals surface area (Å²) in [4.78, 5) is 14.5. The SMILES string of the molecule is COCCN(CC(C)C)C(=O)C(C)(C)Oc1ccc(F)cc1. The molecule has 0 saturated carbocycles. The Labute approximate surface area is 132 Å². The summed E-state index contributed by atoms with van der Waals surface area (Å²) in [5.74, 6) is 0.374. The zero-order valence-corrected chi connectivity index (χ0v) is 14.1. The minimum absolute atomic E-state index is 0.109. The van der Waals surface area contributed by atoms with Crippen LogP contribution >= 0.6 is 0 Å². The van der Waals surface area contributed by atoms with E-state index in [2.05, 4.69) is 13.8 Å². The van der Waals surface area contributed by atoms with Crippen molar-refractivity contribution in [3.8, 4) is 5.75 Å². The van der Waals surface area contributed by atoms with Gasteiger partial charge < -0.3 is 14.4 Å². The highest BCUT2D eigenvalue weighted by atomic mass is 19.1. The molecule has 0 radical (unpaired) electrons. The fourth-order valence-corrected chi connectivity index (χ4v) is 2.14. The van der Waals surface area contributed by atoms with E-state index in [0.29, 0.717) is 31.4 Å². The molecule has 1 amide bonds. The molecule has 0 atom stereocenters. The van der Waals surface area contributed by atoms with Crippen molar-refractivity contribution in [3.63, 3.8) is 0 Å². The third-order valence-corrected chi connectivity index (χ3v) is 3.14. The van der Waals surface area contributed by atoms with Gasteiger partial charge in [-0.1, -0.05) is 13.8 Å². The highest BCUT2D eigenvalue weighted by Gasteiger charge is 2.34. The van der Waals surface area contributed by atoms with Crippen molar-refractivity contribution < 1.29 is 18.7 Å². The summed E-state index contributed by atoms with van der Waals surface area (Å²) in [5, 5.41) is 0. The number of carbonyl (C=O) groups is 1. The topological polar surface area (TPSA) is 38.8 Å². The quantitative estimate of drug-likeness (QED) is 0.740. The van der Waals surface area contributed by atoms with E-state index in [1.165, 1.54) is 24.3 Å². The number of hydrogen-bond acceptors (Lipinski definition) is 3. The maximum atomic E-state index is 12.9. The van der Waals surface area contributed by atoms with Crippen LogP contribution in [0.1, 0.15) is 27.7 Å². The number of nitrogens with zero attached hydrogens (tertiary/aromatic N) is 1. The van der Waals surface area contributed by atoms with Crippen LogP contribution < -0.4 is 4.74 Å². The van der Waals surface area contributed by atoms with Gasteiger partial charge in [0.1, 0.15) is 11.6 Å². The van der Waals surface area contributed by atoms with E-state index in [1.807, 2.05) is 0 Å². The summed E-state index contributed by atoms with van der Waals surface area (Å²) in [6, 6.07) is 5.66. The fraction of sp³-hybridized carbons (Fsp3) is 0.588. The van der Waals surface area contributed by atoms with Crippen LogP contribution in [0.15, 0.2) is 24.3 Å². The molecule has 1 rings (SSSR count). The lowest BCUT2D eigenvalue weighted by atomic mass is 10.1. The van der Waals surface area contributed by atoms with E-state index in [9.17, 15) is 9.18 Å². The molecule has 22 heavy (non-hydrogen) atoms. The summed E-state index contributed by atoms with van der Waals surface area (Å²) in [5.41, 5.74) is -1.03. The molecule has 0 aliphatic heterocycles. The predicted molar refractivity (Wildman–Crippen MR) is 84.4 cm³/mol. The Bertz CT molecular complexity index is 471. The molecular formula is C17H26FNO3. The van der Waals surface area contributed by atoms with E-state index in [0.717, 1.165) is 0 Å². The third kappa shape index (κ3) is 5.64. The van der Waals surface area contributed by atoms with Crippen LogP contribution in [0.25, 0.3) is 0 Å². The monoisotopic (exact) mass is 311 g/mol. The van der Waals surface area contributed by atoms with E-state index >= 15 is 0 Å². The first-order chi connectivity index (χ1) is 10.3. The van der Waals surface area contributed by atoms with Gasteiger partial charge in [-0.05, 0) is 44.0 Å². The maximum Gasteiger partial charge on any atom is 0.266 e. The van der Waals surface area contributed by atoms with E-state index in [1.54, 1.807) is 25.9 Å². The first-order valence-electron chi connectivity index (χ1n) is 7.49. The zero-order chi connectivity index (χ0) is 16.8. The van der Waals surface area contributed by atoms with Crippen LogP contribution in [0.5, 0.6) is 5.75 Å². The van der Waals surface area contributed by atoms with Crippen molar-refractivity contribution in [1.82, 2.24) is 4.90 Å². The van der Waals surface area contributed by atoms with Gasteiger partial charge in [-0.2, -0.15) is 0 Å². The van der Waals surface area contributed by atoms with Crippen molar-refractivity contribution in [2.75, 3.05) is 26.8 Å². The second kappa shape index (κ2) is 8.13. The van der Waals surface area contributed by atoms with Gasteiger partial charge in [0.15, 0.2) is 5.60 Å². The number of halogens is 1. The highest BCUT2D eigenvalue weighted by molar-refractivity contribution is 5.84. The van der Waals surface area contributed by atoms with E-state index < -0.39 is 5.60 Å². The zero-order valence-electron chi connectivity index (χ0n) is 14.1. The van der Waals surface area contributed by atoms with Gasteiger partial charge in [-0.25, -0.2) is 4.39 Å². The van der Waals surface area contributed by atoms with E-state index in [-0.39, 0.29) is 11.7 Å². The Hall–Kier alpha value is -1.62. The minimum Gasteiger partial charge on any atom is -0.478 e. The lowest BCUT2D eigenvalue weighted by Crippen LogP contribution is -2.50. The summed E-state index contributed by atoms with van der Waals surface area (Å²) in [6.45, 7) is 9.19. The summed E-state index contributed by atoms with van der Waals surface area (Å²) in [6.07, 6.45) is 0. The maximum absolute atomic E-state index is 12.9. The van der Waals surface area contributed by atoms with Crippen LogP contribution in [0.3, 0.4) is 0 Å². The summed E-state index contributed by atoms with van der Waals surface area (Å²) < 4.78 is 23.8. The Morgan fingerprint density at radius 1 is 1.27 bits per heavy atom. The Kier molecular flexibility index (Phi) is 6.81. The average molecular weight is 311 g/mol. The van der Waals surface area contributed by atoms with Crippen LogP contribution in [0.4, 0.5) is 4.39 Å². The molecule has 0 aliphatic carbocycles. The van der Waals surface area contributed by atoms with Crippen molar-refractivity contribution in [2.24, 2.45) is 5.92 Å². The molecule has 0 unspecified atom stereocenters. The van der Waals surface area contributed by atoms with Gasteiger partial charge in [-0.15, -0.1) is 0 Å². The van der Waals surface area contributed by atoms with Crippen LogP contribution in [0, 0.1) is 11.7 Å². The Morgan fingerprint density at radius 2 is 1.86 bits per heavy atom. The number of rotatable bonds is 8. The molecule has 4 nitrogen and oxygen atoms in total. The highest BCUT2D eigenvalue weighted by Crippen LogP contribution is 2.21. The molecule has 0 saturated heterocycles. The van der Waals surface area contributed by atoms with E-state index in [4.69, 9.17) is 9.47 Å². The summed E-state index contributed by atoms with van der Waals surface area (Å²) in [7, 11) is 1.61. The van der Waals surface area contributed by atoms with Crippen LogP contribution in [-0.2, 0) is 9.53 Å². The second-order valence-corrected chi connectivity index (χ2v) is 6.20. The summed E-state index contributed by atoms with van der Waals surface area (Å²) >= 11 is 0.